The van der Waals surface area contributed by atoms with Crippen molar-refractivity contribution >= 4 is 21.5 Å². The maximum atomic E-state index is 14.6. The monoisotopic (exact) mass is 597 g/mol. The molecule has 0 spiro atoms. The van der Waals surface area contributed by atoms with Crippen molar-refractivity contribution in [3.05, 3.63) is 126 Å². The van der Waals surface area contributed by atoms with Crippen LogP contribution < -0.4 is 4.90 Å². The Bertz CT molecular complexity index is 1700. The molecule has 1 heterocycles. The number of pyridine rings is 1. The van der Waals surface area contributed by atoms with E-state index in [4.69, 9.17) is 0 Å². The molecule has 6 nitrogen and oxygen atoms in total. The van der Waals surface area contributed by atoms with Gasteiger partial charge in [0.25, 0.3) is 0 Å². The van der Waals surface area contributed by atoms with Crippen LogP contribution in [0.3, 0.4) is 0 Å². The molecule has 2 aromatic carbocycles. The van der Waals surface area contributed by atoms with Crippen molar-refractivity contribution in [2.45, 2.75) is 62.4 Å². The number of carbonyl (C=O) groups is 1. The van der Waals surface area contributed by atoms with Gasteiger partial charge in [-0.05, 0) is 106 Å². The Morgan fingerprint density at radius 2 is 1.70 bits per heavy atom. The van der Waals surface area contributed by atoms with Crippen LogP contribution in [-0.2, 0) is 10.0 Å². The predicted molar refractivity (Wildman–Crippen MR) is 166 cm³/mol. The summed E-state index contributed by atoms with van der Waals surface area (Å²) in [5.41, 5.74) is 3.17. The van der Waals surface area contributed by atoms with E-state index in [1.165, 1.54) is 12.1 Å². The summed E-state index contributed by atoms with van der Waals surface area (Å²) < 4.78 is 43.6. The molecule has 8 heteroatoms. The molecule has 6 rings (SSSR count). The van der Waals surface area contributed by atoms with E-state index in [9.17, 15) is 17.6 Å². The van der Waals surface area contributed by atoms with Gasteiger partial charge in [0.1, 0.15) is 11.5 Å². The average Bonchev–Trinajstić information content (AvgIpc) is 3.86. The van der Waals surface area contributed by atoms with Gasteiger partial charge in [0.2, 0.25) is 10.0 Å². The van der Waals surface area contributed by atoms with Crippen LogP contribution in [0.25, 0.3) is 0 Å². The van der Waals surface area contributed by atoms with Crippen LogP contribution in [0.1, 0.15) is 55.9 Å². The second-order valence-electron chi connectivity index (χ2n) is 11.7. The first-order chi connectivity index (χ1) is 20.7. The molecule has 0 bridgehead atoms. The number of allylic oxidation sites excluding steroid dienone is 5. The number of benzene rings is 2. The normalized spacial score (nSPS) is 22.4. The fourth-order valence-electron chi connectivity index (χ4n) is 6.74. The number of carbonyl (C=O) groups excluding carboxylic acids is 1. The van der Waals surface area contributed by atoms with Gasteiger partial charge in [-0.2, -0.15) is 4.31 Å². The highest BCUT2D eigenvalue weighted by Gasteiger charge is 2.53. The Morgan fingerprint density at radius 3 is 2.35 bits per heavy atom. The Hall–Kier alpha value is -3.88. The fraction of sp³-hybridized carbons (Fsp3) is 0.314. The first-order valence-electron chi connectivity index (χ1n) is 14.9. The van der Waals surface area contributed by atoms with E-state index < -0.39 is 15.4 Å². The van der Waals surface area contributed by atoms with E-state index in [0.29, 0.717) is 31.4 Å². The Labute approximate surface area is 253 Å². The van der Waals surface area contributed by atoms with Crippen LogP contribution in [0.5, 0.6) is 0 Å². The SMILES string of the molecule is CC=CC1=C(N(C)c2ccc(F)cc2)C=C2CCC(N(C3CC3)S(=O)(=O)c3ccccc3)CC2(C(=O)c2ccccn2)C1. The van der Waals surface area contributed by atoms with Crippen LogP contribution in [0.2, 0.25) is 0 Å². The molecule has 0 aliphatic heterocycles. The number of rotatable bonds is 9. The summed E-state index contributed by atoms with van der Waals surface area (Å²) >= 11 is 0. The summed E-state index contributed by atoms with van der Waals surface area (Å²) in [7, 11) is -1.81. The van der Waals surface area contributed by atoms with Crippen molar-refractivity contribution < 1.29 is 17.6 Å². The summed E-state index contributed by atoms with van der Waals surface area (Å²) in [6.07, 6.45) is 11.4. The fourth-order valence-corrected chi connectivity index (χ4v) is 8.66. The van der Waals surface area contributed by atoms with Gasteiger partial charge < -0.3 is 4.90 Å². The highest BCUT2D eigenvalue weighted by atomic mass is 32.2. The lowest BCUT2D eigenvalue weighted by atomic mass is 9.60. The van der Waals surface area contributed by atoms with Crippen LogP contribution in [0, 0.1) is 11.2 Å². The second-order valence-corrected chi connectivity index (χ2v) is 13.5. The molecule has 222 valence electrons. The molecule has 3 aromatic rings. The van der Waals surface area contributed by atoms with Crippen LogP contribution >= 0.6 is 0 Å². The molecule has 2 unspecified atom stereocenters. The van der Waals surface area contributed by atoms with Gasteiger partial charge in [-0.1, -0.05) is 42.0 Å². The third kappa shape index (κ3) is 5.50. The molecular weight excluding hydrogens is 561 g/mol. The van der Waals surface area contributed by atoms with Crippen molar-refractivity contribution in [1.29, 1.82) is 0 Å². The van der Waals surface area contributed by atoms with Gasteiger partial charge >= 0.3 is 0 Å². The molecule has 0 N–H and O–H groups in total. The van der Waals surface area contributed by atoms with Crippen molar-refractivity contribution in [2.24, 2.45) is 5.41 Å². The molecule has 43 heavy (non-hydrogen) atoms. The third-order valence-corrected chi connectivity index (χ3v) is 11.0. The number of anilines is 1. The summed E-state index contributed by atoms with van der Waals surface area (Å²) in [6, 6.07) is 20.0. The minimum Gasteiger partial charge on any atom is -0.344 e. The Kier molecular flexibility index (Phi) is 7.92. The maximum absolute atomic E-state index is 14.6. The molecule has 2 saturated carbocycles. The number of Topliss-reactive ketones (excluding diaryl/α,β-unsaturated/α-hetero) is 1. The zero-order chi connectivity index (χ0) is 30.2. The first-order valence-corrected chi connectivity index (χ1v) is 16.3. The third-order valence-electron chi connectivity index (χ3n) is 8.94. The highest BCUT2D eigenvalue weighted by Crippen LogP contribution is 2.54. The maximum Gasteiger partial charge on any atom is 0.243 e. The van der Waals surface area contributed by atoms with E-state index in [-0.39, 0.29) is 28.6 Å². The molecule has 0 saturated heterocycles. The molecule has 2 atom stereocenters. The van der Waals surface area contributed by atoms with Crippen molar-refractivity contribution in [3.8, 4) is 0 Å². The predicted octanol–water partition coefficient (Wildman–Crippen LogP) is 7.09. The van der Waals surface area contributed by atoms with Crippen LogP contribution in [-0.4, -0.2) is 42.6 Å². The van der Waals surface area contributed by atoms with E-state index in [1.54, 1.807) is 59.0 Å². The molecule has 3 aliphatic rings. The molecule has 3 aliphatic carbocycles. The lowest BCUT2D eigenvalue weighted by Crippen LogP contribution is -2.51. The average molecular weight is 598 g/mol. The number of hydrogen-bond donors (Lipinski definition) is 0. The largest absolute Gasteiger partial charge is 0.344 e. The van der Waals surface area contributed by atoms with Crippen molar-refractivity contribution in [1.82, 2.24) is 9.29 Å². The van der Waals surface area contributed by atoms with E-state index in [1.807, 2.05) is 43.2 Å². The molecule has 1 aromatic heterocycles. The summed E-state index contributed by atoms with van der Waals surface area (Å²) in [4.78, 5) is 21.3. The zero-order valence-electron chi connectivity index (χ0n) is 24.5. The summed E-state index contributed by atoms with van der Waals surface area (Å²) in [6.45, 7) is 1.94. The minimum atomic E-state index is -3.76. The molecule has 0 amide bonds. The number of fused-ring (bicyclic) bond motifs is 1. The van der Waals surface area contributed by atoms with Crippen LogP contribution in [0.4, 0.5) is 10.1 Å². The number of hydrogen-bond acceptors (Lipinski definition) is 5. The van der Waals surface area contributed by atoms with Crippen molar-refractivity contribution in [3.63, 3.8) is 0 Å². The smallest absolute Gasteiger partial charge is 0.243 e. The van der Waals surface area contributed by atoms with Crippen LogP contribution in [0.15, 0.2) is 119 Å². The van der Waals surface area contributed by atoms with Gasteiger partial charge in [0, 0.05) is 36.7 Å². The number of ketones is 1. The molecular formula is C35H36FN3O3S. The van der Waals surface area contributed by atoms with E-state index in [0.717, 1.165) is 35.4 Å². The van der Waals surface area contributed by atoms with Gasteiger partial charge in [0.05, 0.1) is 10.3 Å². The number of sulfonamides is 1. The zero-order valence-corrected chi connectivity index (χ0v) is 25.3. The minimum absolute atomic E-state index is 0.0583. The number of halogens is 1. The number of likely N-dealkylation sites (N-methyl/N-ethyl adjacent to an activating group) is 1. The molecule has 0 radical (unpaired) electrons. The van der Waals surface area contributed by atoms with E-state index in [2.05, 4.69) is 11.1 Å². The van der Waals surface area contributed by atoms with Gasteiger partial charge in [0.15, 0.2) is 5.78 Å². The highest BCUT2D eigenvalue weighted by molar-refractivity contribution is 7.89. The topological polar surface area (TPSA) is 70.6 Å². The standard InChI is InChI=1S/C35H36FN3O3S/c1-3-9-25-23-35(34(40)32-12-7-8-21-37-32)24-30(39(29-19-20-29)43(41,42)31-10-5-4-6-11-31)16-13-26(35)22-33(25)38(2)28-17-14-27(36)15-18-28/h3-12,14-15,17-18,21-22,29-30H,13,16,19-20,23-24H2,1-2H3. The van der Waals surface area contributed by atoms with E-state index >= 15 is 0 Å². The second kappa shape index (κ2) is 11.7. The molecule has 2 fully saturated rings. The van der Waals surface area contributed by atoms with Gasteiger partial charge in [-0.25, -0.2) is 12.8 Å². The van der Waals surface area contributed by atoms with Gasteiger partial charge in [-0.3, -0.25) is 9.78 Å². The number of nitrogens with zero attached hydrogens (tertiary/aromatic N) is 3. The summed E-state index contributed by atoms with van der Waals surface area (Å²) in [5.74, 6) is -0.381. The first kappa shape index (κ1) is 29.2. The number of aromatic nitrogens is 1. The van der Waals surface area contributed by atoms with Gasteiger partial charge in [-0.15, -0.1) is 0 Å². The lowest BCUT2D eigenvalue weighted by molar-refractivity contribution is 0.0731. The quantitative estimate of drug-likeness (QED) is 0.246. The van der Waals surface area contributed by atoms with Crippen molar-refractivity contribution in [2.75, 3.05) is 11.9 Å². The lowest BCUT2D eigenvalue weighted by Gasteiger charge is -2.47. The summed E-state index contributed by atoms with van der Waals surface area (Å²) in [5, 5.41) is 0. The Morgan fingerprint density at radius 1 is 0.977 bits per heavy atom. The Balaban J connectivity index is 1.44.